The number of amides is 1. The van der Waals surface area contributed by atoms with E-state index in [-0.39, 0.29) is 24.2 Å². The first kappa shape index (κ1) is 21.7. The summed E-state index contributed by atoms with van der Waals surface area (Å²) < 4.78 is 24.0. The number of ether oxygens (including phenoxy) is 2. The average molecular weight is 375 g/mol. The molecule has 2 rings (SSSR count). The first-order chi connectivity index (χ1) is 11.6. The van der Waals surface area contributed by atoms with Gasteiger partial charge < -0.3 is 20.1 Å². The van der Waals surface area contributed by atoms with Gasteiger partial charge in [0.1, 0.15) is 18.2 Å². The number of nitrogens with one attached hydrogen (secondary N) is 2. The van der Waals surface area contributed by atoms with Crippen LogP contribution in [0.25, 0.3) is 0 Å². The van der Waals surface area contributed by atoms with E-state index in [0.717, 1.165) is 25.9 Å². The predicted molar refractivity (Wildman–Crippen MR) is 99.0 cm³/mol. The number of rotatable bonds is 8. The molecule has 1 aromatic rings. The summed E-state index contributed by atoms with van der Waals surface area (Å²) in [6.45, 7) is 4.88. The first-order valence-electron chi connectivity index (χ1n) is 8.52. The quantitative estimate of drug-likeness (QED) is 0.686. The van der Waals surface area contributed by atoms with E-state index in [4.69, 9.17) is 9.47 Å². The largest absolute Gasteiger partial charge is 0.489 e. The Bertz CT molecular complexity index is 539. The molecule has 2 atom stereocenters. The zero-order valence-electron chi connectivity index (χ0n) is 14.8. The zero-order chi connectivity index (χ0) is 17.4. The molecule has 0 spiro atoms. The second-order valence-electron chi connectivity index (χ2n) is 6.32. The lowest BCUT2D eigenvalue weighted by Crippen LogP contribution is -2.34. The van der Waals surface area contributed by atoms with Gasteiger partial charge in [-0.15, -0.1) is 12.4 Å². The van der Waals surface area contributed by atoms with Crippen LogP contribution in [0.4, 0.5) is 10.1 Å². The van der Waals surface area contributed by atoms with Gasteiger partial charge in [0.05, 0.1) is 12.3 Å². The smallest absolute Gasteiger partial charge is 0.224 e. The summed E-state index contributed by atoms with van der Waals surface area (Å²) in [6.07, 6.45) is 2.71. The normalized spacial score (nSPS) is 18.1. The van der Waals surface area contributed by atoms with Crippen molar-refractivity contribution in [1.29, 1.82) is 0 Å². The number of carbonyl (C=O) groups is 1. The standard InChI is InChI=1S/C18H27FN2O3.ClH/c1-13(14-4-3-7-20-12-14)10-18(22)21-16-11-15(19)5-6-17(16)24-9-8-23-2;/h5-6,11,13-14,20H,3-4,7-10,12H2,1-2H3,(H,21,22);1H. The molecule has 0 aromatic heterocycles. The van der Waals surface area contributed by atoms with Crippen LogP contribution >= 0.6 is 12.4 Å². The van der Waals surface area contributed by atoms with Gasteiger partial charge in [0.2, 0.25) is 5.91 Å². The Kier molecular flexibility index (Phi) is 9.78. The molecular weight excluding hydrogens is 347 g/mol. The van der Waals surface area contributed by atoms with E-state index in [1.165, 1.54) is 18.2 Å². The van der Waals surface area contributed by atoms with Crippen LogP contribution in [-0.4, -0.2) is 39.3 Å². The summed E-state index contributed by atoms with van der Waals surface area (Å²) in [5, 5.41) is 6.15. The molecule has 1 fully saturated rings. The van der Waals surface area contributed by atoms with Crippen LogP contribution in [0.5, 0.6) is 5.75 Å². The van der Waals surface area contributed by atoms with Gasteiger partial charge in [-0.2, -0.15) is 0 Å². The summed E-state index contributed by atoms with van der Waals surface area (Å²) in [6, 6.07) is 4.12. The molecule has 1 amide bonds. The molecule has 25 heavy (non-hydrogen) atoms. The number of hydrogen-bond donors (Lipinski definition) is 2. The summed E-state index contributed by atoms with van der Waals surface area (Å²) in [5.41, 5.74) is 0.366. The third-order valence-electron chi connectivity index (χ3n) is 4.41. The van der Waals surface area contributed by atoms with Crippen LogP contribution in [0, 0.1) is 17.7 Å². The van der Waals surface area contributed by atoms with E-state index >= 15 is 0 Å². The van der Waals surface area contributed by atoms with Gasteiger partial charge in [-0.25, -0.2) is 4.39 Å². The number of piperidine rings is 1. The van der Waals surface area contributed by atoms with Gasteiger partial charge >= 0.3 is 0 Å². The minimum atomic E-state index is -0.408. The van der Waals surface area contributed by atoms with Crippen LogP contribution < -0.4 is 15.4 Å². The van der Waals surface area contributed by atoms with Crippen LogP contribution in [0.3, 0.4) is 0 Å². The summed E-state index contributed by atoms with van der Waals surface area (Å²) in [4.78, 5) is 12.3. The Hall–Kier alpha value is -1.37. The molecule has 0 saturated carbocycles. The van der Waals surface area contributed by atoms with Gasteiger partial charge in [0.15, 0.2) is 0 Å². The third kappa shape index (κ3) is 7.18. The van der Waals surface area contributed by atoms with E-state index in [1.54, 1.807) is 7.11 Å². The third-order valence-corrected chi connectivity index (χ3v) is 4.41. The minimum Gasteiger partial charge on any atom is -0.489 e. The molecule has 7 heteroatoms. The molecular formula is C18H28ClFN2O3. The lowest BCUT2D eigenvalue weighted by molar-refractivity contribution is -0.117. The fourth-order valence-electron chi connectivity index (χ4n) is 2.99. The lowest BCUT2D eigenvalue weighted by atomic mass is 9.85. The highest BCUT2D eigenvalue weighted by Gasteiger charge is 2.22. The SMILES string of the molecule is COCCOc1ccc(F)cc1NC(=O)CC(C)C1CCCNC1.Cl. The van der Waals surface area contributed by atoms with Gasteiger partial charge in [-0.05, 0) is 49.9 Å². The monoisotopic (exact) mass is 374 g/mol. The number of benzene rings is 1. The highest BCUT2D eigenvalue weighted by Crippen LogP contribution is 2.27. The molecule has 142 valence electrons. The van der Waals surface area contributed by atoms with Crippen LogP contribution in [-0.2, 0) is 9.53 Å². The topological polar surface area (TPSA) is 59.6 Å². The molecule has 0 bridgehead atoms. The number of halogens is 2. The molecule has 2 unspecified atom stereocenters. The van der Waals surface area contributed by atoms with Gasteiger partial charge in [-0.3, -0.25) is 4.79 Å². The molecule has 1 aliphatic rings. The van der Waals surface area contributed by atoms with Crippen molar-refractivity contribution in [3.8, 4) is 5.75 Å². The van der Waals surface area contributed by atoms with Crippen molar-refractivity contribution in [3.05, 3.63) is 24.0 Å². The van der Waals surface area contributed by atoms with Crippen molar-refractivity contribution in [3.63, 3.8) is 0 Å². The van der Waals surface area contributed by atoms with Gasteiger partial charge in [-0.1, -0.05) is 6.92 Å². The second kappa shape index (κ2) is 11.3. The average Bonchev–Trinajstić information content (AvgIpc) is 2.57. The van der Waals surface area contributed by atoms with Crippen molar-refractivity contribution in [1.82, 2.24) is 5.32 Å². The second-order valence-corrected chi connectivity index (χ2v) is 6.32. The van der Waals surface area contributed by atoms with E-state index in [2.05, 4.69) is 17.6 Å². The van der Waals surface area contributed by atoms with Gasteiger partial charge in [0.25, 0.3) is 0 Å². The molecule has 1 aromatic carbocycles. The maximum atomic E-state index is 13.5. The zero-order valence-corrected chi connectivity index (χ0v) is 15.7. The highest BCUT2D eigenvalue weighted by atomic mass is 35.5. The maximum Gasteiger partial charge on any atom is 0.224 e. The van der Waals surface area contributed by atoms with Crippen molar-refractivity contribution in [2.45, 2.75) is 26.2 Å². The van der Waals surface area contributed by atoms with Crippen LogP contribution in [0.15, 0.2) is 18.2 Å². The number of methoxy groups -OCH3 is 1. The lowest BCUT2D eigenvalue weighted by Gasteiger charge is -2.28. The Balaban J connectivity index is 0.00000312. The summed E-state index contributed by atoms with van der Waals surface area (Å²) >= 11 is 0. The maximum absolute atomic E-state index is 13.5. The number of carbonyl (C=O) groups excluding carboxylic acids is 1. The van der Waals surface area contributed by atoms with E-state index in [1.807, 2.05) is 0 Å². The Morgan fingerprint density at radius 1 is 1.44 bits per heavy atom. The number of anilines is 1. The van der Waals surface area contributed by atoms with Crippen molar-refractivity contribution in [2.75, 3.05) is 38.7 Å². The first-order valence-corrected chi connectivity index (χ1v) is 8.52. The fourth-order valence-corrected chi connectivity index (χ4v) is 2.99. The van der Waals surface area contributed by atoms with Crippen molar-refractivity contribution in [2.24, 2.45) is 11.8 Å². The molecule has 1 saturated heterocycles. The molecule has 1 aliphatic heterocycles. The molecule has 1 heterocycles. The molecule has 0 aliphatic carbocycles. The minimum absolute atomic E-state index is 0. The van der Waals surface area contributed by atoms with Crippen LogP contribution in [0.2, 0.25) is 0 Å². The molecule has 2 N–H and O–H groups in total. The predicted octanol–water partition coefficient (Wildman–Crippen LogP) is 3.24. The van der Waals surface area contributed by atoms with Gasteiger partial charge in [0, 0.05) is 19.6 Å². The number of hydrogen-bond acceptors (Lipinski definition) is 4. The molecule has 0 radical (unpaired) electrons. The Morgan fingerprint density at radius 2 is 2.24 bits per heavy atom. The van der Waals surface area contributed by atoms with E-state index < -0.39 is 5.82 Å². The highest BCUT2D eigenvalue weighted by molar-refractivity contribution is 5.92. The van der Waals surface area contributed by atoms with Crippen LogP contribution in [0.1, 0.15) is 26.2 Å². The Morgan fingerprint density at radius 3 is 2.92 bits per heavy atom. The van der Waals surface area contributed by atoms with Crippen molar-refractivity contribution >= 4 is 24.0 Å². The van der Waals surface area contributed by atoms with E-state index in [0.29, 0.717) is 37.0 Å². The molecule has 5 nitrogen and oxygen atoms in total. The van der Waals surface area contributed by atoms with Crippen molar-refractivity contribution < 1.29 is 18.7 Å². The van der Waals surface area contributed by atoms with E-state index in [9.17, 15) is 9.18 Å². The summed E-state index contributed by atoms with van der Waals surface area (Å²) in [5.74, 6) is 0.719. The fraction of sp³-hybridized carbons (Fsp3) is 0.611. The Labute approximate surface area is 155 Å². The summed E-state index contributed by atoms with van der Waals surface area (Å²) in [7, 11) is 1.58.